The average Bonchev–Trinajstić information content (AvgIpc) is 2.46. The van der Waals surface area contributed by atoms with Gasteiger partial charge in [-0.1, -0.05) is 19.9 Å². The number of halogens is 1. The first-order valence-corrected chi connectivity index (χ1v) is 7.05. The maximum atomic E-state index is 13.2. The topological polar surface area (TPSA) is 63.1 Å². The van der Waals surface area contributed by atoms with Gasteiger partial charge in [-0.2, -0.15) is 0 Å². The summed E-state index contributed by atoms with van der Waals surface area (Å²) in [5.74, 6) is -0.0522. The Morgan fingerprint density at radius 3 is 2.45 bits per heavy atom. The fourth-order valence-electron chi connectivity index (χ4n) is 2.56. The Morgan fingerprint density at radius 1 is 1.27 bits per heavy atom. The Morgan fingerprint density at radius 2 is 1.91 bits per heavy atom. The second kappa shape index (κ2) is 6.32. The van der Waals surface area contributed by atoms with Crippen LogP contribution in [0.4, 0.5) is 4.39 Å². The molecule has 0 radical (unpaired) electrons. The molecular weight excluding hydrogens is 283 g/mol. The summed E-state index contributed by atoms with van der Waals surface area (Å²) in [5, 5.41) is 8.81. The molecule has 0 atom stereocenters. The molecule has 0 unspecified atom stereocenters. The average molecular weight is 302 g/mol. The molecule has 116 valence electrons. The van der Waals surface area contributed by atoms with Gasteiger partial charge >= 0.3 is 0 Å². The van der Waals surface area contributed by atoms with E-state index in [0.717, 1.165) is 11.1 Å². The molecule has 0 amide bonds. The maximum Gasteiger partial charge on any atom is 0.191 e. The van der Waals surface area contributed by atoms with Gasteiger partial charge < -0.3 is 5.11 Å². The molecule has 0 aliphatic carbocycles. The summed E-state index contributed by atoms with van der Waals surface area (Å²) in [6.07, 6.45) is 3.41. The molecule has 5 heteroatoms. The van der Waals surface area contributed by atoms with Gasteiger partial charge in [0.25, 0.3) is 0 Å². The molecule has 1 heterocycles. The van der Waals surface area contributed by atoms with E-state index in [0.29, 0.717) is 17.8 Å². The third-order valence-corrected chi connectivity index (χ3v) is 3.69. The van der Waals surface area contributed by atoms with Crippen molar-refractivity contribution in [1.29, 1.82) is 0 Å². The highest BCUT2D eigenvalue weighted by molar-refractivity contribution is 5.96. The molecule has 2 rings (SSSR count). The van der Waals surface area contributed by atoms with E-state index in [9.17, 15) is 9.18 Å². The number of aliphatic hydroxyl groups excluding tert-OH is 1. The number of hydrogen-bond donors (Lipinski definition) is 1. The van der Waals surface area contributed by atoms with Crippen molar-refractivity contribution in [2.45, 2.75) is 32.6 Å². The zero-order valence-corrected chi connectivity index (χ0v) is 12.9. The van der Waals surface area contributed by atoms with Crippen molar-refractivity contribution in [3.05, 3.63) is 58.9 Å². The highest BCUT2D eigenvalue weighted by Gasteiger charge is 2.24. The number of benzene rings is 1. The smallest absolute Gasteiger partial charge is 0.191 e. The first-order chi connectivity index (χ1) is 10.3. The van der Waals surface area contributed by atoms with Crippen molar-refractivity contribution < 1.29 is 14.3 Å². The lowest BCUT2D eigenvalue weighted by Gasteiger charge is -2.26. The molecule has 0 aliphatic heterocycles. The van der Waals surface area contributed by atoms with Crippen molar-refractivity contribution in [3.63, 3.8) is 0 Å². The molecule has 0 fully saturated rings. The van der Waals surface area contributed by atoms with Crippen molar-refractivity contribution >= 4 is 5.78 Å². The van der Waals surface area contributed by atoms with Gasteiger partial charge in [0.05, 0.1) is 5.56 Å². The second-order valence-electron chi connectivity index (χ2n) is 5.99. The standard InChI is InChI=1S/C17H19FN2O2/c1-11-6-13(18)4-5-14(11)17(2,3)7-16-19-8-12(9-20-16)15(22)10-21/h4-6,8-9,21H,7,10H2,1-3H3. The van der Waals surface area contributed by atoms with Crippen LogP contribution in [0.15, 0.2) is 30.6 Å². The van der Waals surface area contributed by atoms with Crippen LogP contribution in [0.25, 0.3) is 0 Å². The number of aryl methyl sites for hydroxylation is 1. The van der Waals surface area contributed by atoms with E-state index in [1.54, 1.807) is 6.07 Å². The molecule has 22 heavy (non-hydrogen) atoms. The molecule has 1 N–H and O–H groups in total. The zero-order valence-electron chi connectivity index (χ0n) is 12.9. The van der Waals surface area contributed by atoms with E-state index in [1.807, 2.05) is 20.8 Å². The summed E-state index contributed by atoms with van der Waals surface area (Å²) in [6.45, 7) is 5.42. The van der Waals surface area contributed by atoms with Crippen LogP contribution in [-0.2, 0) is 11.8 Å². The minimum atomic E-state index is -0.553. The predicted octanol–water partition coefficient (Wildman–Crippen LogP) is 2.62. The van der Waals surface area contributed by atoms with Gasteiger partial charge in [0.15, 0.2) is 5.78 Å². The molecule has 4 nitrogen and oxygen atoms in total. The molecule has 0 saturated heterocycles. The normalized spacial score (nSPS) is 11.5. The van der Waals surface area contributed by atoms with Crippen LogP contribution >= 0.6 is 0 Å². The molecule has 0 bridgehead atoms. The lowest BCUT2D eigenvalue weighted by Crippen LogP contribution is -2.23. The number of aromatic nitrogens is 2. The van der Waals surface area contributed by atoms with E-state index in [2.05, 4.69) is 9.97 Å². The second-order valence-corrected chi connectivity index (χ2v) is 5.99. The van der Waals surface area contributed by atoms with Gasteiger partial charge in [0, 0.05) is 18.8 Å². The molecule has 0 aliphatic rings. The summed E-state index contributed by atoms with van der Waals surface area (Å²) < 4.78 is 13.2. The van der Waals surface area contributed by atoms with Crippen LogP contribution in [-0.4, -0.2) is 27.5 Å². The number of carbonyl (C=O) groups is 1. The molecule has 1 aromatic carbocycles. The van der Waals surface area contributed by atoms with E-state index >= 15 is 0 Å². The van der Waals surface area contributed by atoms with Gasteiger partial charge in [-0.05, 0) is 35.6 Å². The third-order valence-electron chi connectivity index (χ3n) is 3.69. The van der Waals surface area contributed by atoms with Crippen LogP contribution < -0.4 is 0 Å². The fraction of sp³-hybridized carbons (Fsp3) is 0.353. The van der Waals surface area contributed by atoms with Crippen molar-refractivity contribution in [3.8, 4) is 0 Å². The Kier molecular flexibility index (Phi) is 4.66. The number of rotatable bonds is 5. The van der Waals surface area contributed by atoms with Crippen LogP contribution in [0.3, 0.4) is 0 Å². The molecule has 2 aromatic rings. The lowest BCUT2D eigenvalue weighted by atomic mass is 9.79. The van der Waals surface area contributed by atoms with Crippen molar-refractivity contribution in [2.24, 2.45) is 0 Å². The number of aliphatic hydroxyl groups is 1. The van der Waals surface area contributed by atoms with E-state index in [4.69, 9.17) is 5.11 Å². The summed E-state index contributed by atoms with van der Waals surface area (Å²) in [5.41, 5.74) is 1.95. The molecular formula is C17H19FN2O2. The quantitative estimate of drug-likeness (QED) is 0.862. The number of hydrogen-bond acceptors (Lipinski definition) is 4. The summed E-state index contributed by atoms with van der Waals surface area (Å²) in [4.78, 5) is 19.7. The summed E-state index contributed by atoms with van der Waals surface area (Å²) in [6, 6.07) is 4.75. The fourth-order valence-corrected chi connectivity index (χ4v) is 2.56. The largest absolute Gasteiger partial charge is 0.388 e. The van der Waals surface area contributed by atoms with Gasteiger partial charge in [-0.15, -0.1) is 0 Å². The first-order valence-electron chi connectivity index (χ1n) is 7.05. The van der Waals surface area contributed by atoms with E-state index in [1.165, 1.54) is 24.5 Å². The summed E-state index contributed by atoms with van der Waals surface area (Å²) >= 11 is 0. The Balaban J connectivity index is 2.22. The predicted molar refractivity (Wildman–Crippen MR) is 81.3 cm³/mol. The minimum absolute atomic E-state index is 0.250. The number of Topliss-reactive ketones (excluding diaryl/α,β-unsaturated/α-hetero) is 1. The van der Waals surface area contributed by atoms with E-state index in [-0.39, 0.29) is 11.2 Å². The molecule has 1 aromatic heterocycles. The number of carbonyl (C=O) groups excluding carboxylic acids is 1. The van der Waals surface area contributed by atoms with Crippen LogP contribution in [0.2, 0.25) is 0 Å². The lowest BCUT2D eigenvalue weighted by molar-refractivity contribution is 0.0903. The Bertz CT molecular complexity index is 682. The highest BCUT2D eigenvalue weighted by Crippen LogP contribution is 2.29. The maximum absolute atomic E-state index is 13.2. The van der Waals surface area contributed by atoms with Crippen LogP contribution in [0.5, 0.6) is 0 Å². The first kappa shape index (κ1) is 16.2. The SMILES string of the molecule is Cc1cc(F)ccc1C(C)(C)Cc1ncc(C(=O)CO)cn1. The van der Waals surface area contributed by atoms with Crippen molar-refractivity contribution in [1.82, 2.24) is 9.97 Å². The number of nitrogens with zero attached hydrogens (tertiary/aromatic N) is 2. The van der Waals surface area contributed by atoms with Crippen LogP contribution in [0, 0.1) is 12.7 Å². The summed E-state index contributed by atoms with van der Waals surface area (Å²) in [7, 11) is 0. The highest BCUT2D eigenvalue weighted by atomic mass is 19.1. The van der Waals surface area contributed by atoms with Gasteiger partial charge in [-0.25, -0.2) is 14.4 Å². The number of ketones is 1. The zero-order chi connectivity index (χ0) is 16.3. The van der Waals surface area contributed by atoms with Crippen molar-refractivity contribution in [2.75, 3.05) is 6.61 Å². The third kappa shape index (κ3) is 3.54. The van der Waals surface area contributed by atoms with Crippen LogP contribution in [0.1, 0.15) is 41.2 Å². The monoisotopic (exact) mass is 302 g/mol. The van der Waals surface area contributed by atoms with Gasteiger partial charge in [-0.3, -0.25) is 4.79 Å². The van der Waals surface area contributed by atoms with E-state index < -0.39 is 12.4 Å². The Hall–Kier alpha value is -2.14. The Labute approximate surface area is 129 Å². The minimum Gasteiger partial charge on any atom is -0.388 e. The molecule has 0 spiro atoms. The van der Waals surface area contributed by atoms with Gasteiger partial charge in [0.1, 0.15) is 18.2 Å². The van der Waals surface area contributed by atoms with Gasteiger partial charge in [0.2, 0.25) is 0 Å². The molecule has 0 saturated carbocycles.